The lowest BCUT2D eigenvalue weighted by Crippen LogP contribution is -2.56. The van der Waals surface area contributed by atoms with Gasteiger partial charge in [-0.3, -0.25) is 19.5 Å². The number of aromatic nitrogens is 1. The van der Waals surface area contributed by atoms with Crippen molar-refractivity contribution in [3.8, 4) is 0 Å². The molecule has 2 amide bonds. The number of carbonyl (C=O) groups is 2. The van der Waals surface area contributed by atoms with Gasteiger partial charge in [-0.1, -0.05) is 20.8 Å². The lowest BCUT2D eigenvalue weighted by molar-refractivity contribution is -0.156. The van der Waals surface area contributed by atoms with Gasteiger partial charge in [0, 0.05) is 6.20 Å². The van der Waals surface area contributed by atoms with Gasteiger partial charge in [0.25, 0.3) is 11.8 Å². The van der Waals surface area contributed by atoms with Gasteiger partial charge in [-0.15, -0.1) is 0 Å². The molecule has 2 unspecified atom stereocenters. The van der Waals surface area contributed by atoms with Crippen LogP contribution in [-0.2, 0) is 15.4 Å². The normalized spacial score (nSPS) is 29.8. The van der Waals surface area contributed by atoms with E-state index in [0.29, 0.717) is 17.9 Å². The Bertz CT molecular complexity index is 645. The molecular weight excluding hydrogens is 282 g/mol. The predicted octanol–water partition coefficient (Wildman–Crippen LogP) is 1.62. The lowest BCUT2D eigenvalue weighted by atomic mass is 9.87. The molecule has 118 valence electrons. The summed E-state index contributed by atoms with van der Waals surface area (Å²) >= 11 is 0. The van der Waals surface area contributed by atoms with E-state index in [1.807, 2.05) is 20.8 Å². The molecule has 1 saturated heterocycles. The second-order valence-electron chi connectivity index (χ2n) is 6.29. The Kier molecular flexibility index (Phi) is 3.25. The molecule has 22 heavy (non-hydrogen) atoms. The van der Waals surface area contributed by atoms with Gasteiger partial charge in [-0.2, -0.15) is 0 Å². The van der Waals surface area contributed by atoms with Crippen LogP contribution in [0.5, 0.6) is 0 Å². The molecule has 0 spiro atoms. The molecular formula is C16H21N3O3. The van der Waals surface area contributed by atoms with Crippen LogP contribution in [0.4, 0.5) is 0 Å². The fraction of sp³-hybridized carbons (Fsp3) is 0.562. The van der Waals surface area contributed by atoms with Crippen molar-refractivity contribution in [1.29, 1.82) is 0 Å². The molecule has 0 aromatic carbocycles. The summed E-state index contributed by atoms with van der Waals surface area (Å²) in [7, 11) is 0. The average molecular weight is 303 g/mol. The first-order valence-corrected chi connectivity index (χ1v) is 7.66. The van der Waals surface area contributed by atoms with Crippen molar-refractivity contribution in [2.75, 3.05) is 6.61 Å². The first-order valence-electron chi connectivity index (χ1n) is 7.66. The maximum Gasteiger partial charge on any atom is 0.271 e. The number of nitrogens with one attached hydrogen (secondary N) is 1. The number of carbonyl (C=O) groups excluding carboxylic acids is 2. The number of pyridine rings is 1. The number of rotatable bonds is 4. The second kappa shape index (κ2) is 4.78. The lowest BCUT2D eigenvalue weighted by Gasteiger charge is -2.39. The van der Waals surface area contributed by atoms with E-state index in [4.69, 9.17) is 4.74 Å². The topological polar surface area (TPSA) is 71.5 Å². The zero-order chi connectivity index (χ0) is 16.1. The molecule has 2 aliphatic rings. The third-order valence-corrected chi connectivity index (χ3v) is 4.72. The molecule has 0 radical (unpaired) electrons. The van der Waals surface area contributed by atoms with Crippen LogP contribution in [0.2, 0.25) is 0 Å². The van der Waals surface area contributed by atoms with E-state index < -0.39 is 11.4 Å². The van der Waals surface area contributed by atoms with Crippen LogP contribution in [0.25, 0.3) is 0 Å². The molecule has 2 aliphatic heterocycles. The van der Waals surface area contributed by atoms with Crippen LogP contribution in [0.1, 0.15) is 50.2 Å². The first kappa shape index (κ1) is 15.0. The largest absolute Gasteiger partial charge is 0.333 e. The van der Waals surface area contributed by atoms with E-state index in [9.17, 15) is 9.59 Å². The third-order valence-electron chi connectivity index (χ3n) is 4.72. The van der Waals surface area contributed by atoms with Crippen LogP contribution in [0.3, 0.4) is 0 Å². The Labute approximate surface area is 129 Å². The van der Waals surface area contributed by atoms with Gasteiger partial charge in [0.1, 0.15) is 11.2 Å². The maximum atomic E-state index is 12.9. The summed E-state index contributed by atoms with van der Waals surface area (Å²) in [6, 6.07) is 3.45. The molecule has 1 N–H and O–H groups in total. The van der Waals surface area contributed by atoms with E-state index in [1.165, 1.54) is 0 Å². The van der Waals surface area contributed by atoms with Crippen molar-refractivity contribution in [3.05, 3.63) is 29.6 Å². The number of nitrogens with zero attached hydrogens (tertiary/aromatic N) is 2. The van der Waals surface area contributed by atoms with E-state index in [0.717, 1.165) is 6.42 Å². The molecule has 0 saturated carbocycles. The smallest absolute Gasteiger partial charge is 0.271 e. The number of fused-ring (bicyclic) bond motifs is 3. The summed E-state index contributed by atoms with van der Waals surface area (Å²) in [6.45, 7) is 8.05. The van der Waals surface area contributed by atoms with Gasteiger partial charge in [0.05, 0.1) is 12.2 Å². The predicted molar refractivity (Wildman–Crippen MR) is 79.7 cm³/mol. The summed E-state index contributed by atoms with van der Waals surface area (Å²) in [6.07, 6.45) is 2.39. The van der Waals surface area contributed by atoms with E-state index in [2.05, 4.69) is 10.3 Å². The first-order chi connectivity index (χ1) is 10.4. The van der Waals surface area contributed by atoms with Crippen LogP contribution in [0.15, 0.2) is 18.3 Å². The molecule has 6 heteroatoms. The van der Waals surface area contributed by atoms with E-state index in [1.54, 1.807) is 30.2 Å². The minimum absolute atomic E-state index is 0.0575. The van der Waals surface area contributed by atoms with E-state index in [-0.39, 0.29) is 17.7 Å². The van der Waals surface area contributed by atoms with Crippen molar-refractivity contribution >= 4 is 11.8 Å². The fourth-order valence-electron chi connectivity index (χ4n) is 3.19. The molecule has 2 atom stereocenters. The minimum Gasteiger partial charge on any atom is -0.333 e. The van der Waals surface area contributed by atoms with Crippen molar-refractivity contribution in [3.63, 3.8) is 0 Å². The molecule has 0 bridgehead atoms. The van der Waals surface area contributed by atoms with Crippen LogP contribution >= 0.6 is 0 Å². The third kappa shape index (κ3) is 1.61. The minimum atomic E-state index is -1.28. The zero-order valence-electron chi connectivity index (χ0n) is 13.3. The summed E-state index contributed by atoms with van der Waals surface area (Å²) in [5.74, 6) is -1.75. The van der Waals surface area contributed by atoms with Gasteiger partial charge < -0.3 is 10.1 Å². The number of hydrogen-bond acceptors (Lipinski definition) is 4. The Hall–Kier alpha value is -1.95. The quantitative estimate of drug-likeness (QED) is 0.917. The Morgan fingerprint density at radius 3 is 2.77 bits per heavy atom. The van der Waals surface area contributed by atoms with E-state index >= 15 is 0 Å². The molecule has 3 heterocycles. The molecule has 6 nitrogen and oxygen atoms in total. The fourth-order valence-corrected chi connectivity index (χ4v) is 3.19. The highest BCUT2D eigenvalue weighted by Crippen LogP contribution is 2.48. The average Bonchev–Trinajstić information content (AvgIpc) is 2.88. The zero-order valence-corrected chi connectivity index (χ0v) is 13.3. The van der Waals surface area contributed by atoms with Crippen LogP contribution in [0, 0.1) is 5.92 Å². The highest BCUT2D eigenvalue weighted by molar-refractivity contribution is 6.06. The van der Waals surface area contributed by atoms with Crippen molar-refractivity contribution in [1.82, 2.24) is 15.2 Å². The monoisotopic (exact) mass is 303 g/mol. The van der Waals surface area contributed by atoms with Crippen molar-refractivity contribution in [2.45, 2.75) is 45.5 Å². The molecule has 1 aromatic rings. The van der Waals surface area contributed by atoms with Gasteiger partial charge in [-0.05, 0) is 31.4 Å². The summed E-state index contributed by atoms with van der Waals surface area (Å²) in [5, 5.41) is 2.90. The number of amides is 2. The van der Waals surface area contributed by atoms with Gasteiger partial charge >= 0.3 is 0 Å². The molecule has 1 aromatic heterocycles. The van der Waals surface area contributed by atoms with Crippen molar-refractivity contribution < 1.29 is 14.3 Å². The highest BCUT2D eigenvalue weighted by Gasteiger charge is 2.68. The summed E-state index contributed by atoms with van der Waals surface area (Å²) in [4.78, 5) is 31.5. The standard InChI is InChI=1S/C16H21N3O3/c1-5-9-22-16-12-11(7-6-8-17-12)13(20)19(16)15(4,10(2)3)14(21)18-16/h6-8,10H,5,9H2,1-4H3,(H,18,21). The molecule has 0 aliphatic carbocycles. The maximum absolute atomic E-state index is 12.9. The number of ether oxygens (including phenoxy) is 1. The van der Waals surface area contributed by atoms with Gasteiger partial charge in [0.2, 0.25) is 5.91 Å². The Morgan fingerprint density at radius 2 is 2.14 bits per heavy atom. The second-order valence-corrected chi connectivity index (χ2v) is 6.29. The Balaban J connectivity index is 2.21. The Morgan fingerprint density at radius 1 is 1.41 bits per heavy atom. The van der Waals surface area contributed by atoms with Crippen LogP contribution in [-0.4, -0.2) is 33.8 Å². The molecule has 3 rings (SSSR count). The highest BCUT2D eigenvalue weighted by atomic mass is 16.5. The van der Waals surface area contributed by atoms with Crippen molar-refractivity contribution in [2.24, 2.45) is 5.92 Å². The molecule has 1 fully saturated rings. The van der Waals surface area contributed by atoms with Gasteiger partial charge in [0.15, 0.2) is 0 Å². The van der Waals surface area contributed by atoms with Gasteiger partial charge in [-0.25, -0.2) is 0 Å². The summed E-state index contributed by atoms with van der Waals surface area (Å²) in [5.41, 5.74) is 0.00238. The van der Waals surface area contributed by atoms with Crippen LogP contribution < -0.4 is 5.32 Å². The SMILES string of the molecule is CCCOC12NC(=O)C(C)(C(C)C)N1C(=O)c1cccnc12. The summed E-state index contributed by atoms with van der Waals surface area (Å²) < 4.78 is 5.99. The number of hydrogen-bond donors (Lipinski definition) is 1.